The number of rotatable bonds is 3. The summed E-state index contributed by atoms with van der Waals surface area (Å²) in [6.45, 7) is 2.30. The third-order valence-electron chi connectivity index (χ3n) is 6.33. The Labute approximate surface area is 135 Å². The number of hydrogen-bond acceptors (Lipinski definition) is 3. The van der Waals surface area contributed by atoms with E-state index in [1.54, 1.807) is 0 Å². The number of carbonyl (C=O) groups is 2. The van der Waals surface area contributed by atoms with Crippen molar-refractivity contribution in [2.45, 2.75) is 13.3 Å². The first-order valence-corrected chi connectivity index (χ1v) is 8.50. The molecule has 4 aliphatic carbocycles. The lowest BCUT2D eigenvalue weighted by Crippen LogP contribution is -2.40. The van der Waals surface area contributed by atoms with Crippen LogP contribution in [0, 0.1) is 42.4 Å². The fourth-order valence-electron chi connectivity index (χ4n) is 5.11. The quantitative estimate of drug-likeness (QED) is 0.689. The normalized spacial score (nSPS) is 39.4. The van der Waals surface area contributed by atoms with Crippen molar-refractivity contribution in [3.05, 3.63) is 42.0 Å². The van der Waals surface area contributed by atoms with Crippen LogP contribution in [0.4, 0.5) is 5.69 Å². The monoisotopic (exact) mass is 308 g/mol. The van der Waals surface area contributed by atoms with Crippen LogP contribution in [0.2, 0.25) is 0 Å². The van der Waals surface area contributed by atoms with E-state index >= 15 is 0 Å². The summed E-state index contributed by atoms with van der Waals surface area (Å²) in [6, 6.07) is 7.94. The van der Waals surface area contributed by atoms with Gasteiger partial charge < -0.3 is 5.32 Å². The van der Waals surface area contributed by atoms with Crippen molar-refractivity contribution >= 4 is 17.5 Å². The van der Waals surface area contributed by atoms with Gasteiger partial charge in [-0.1, -0.05) is 30.4 Å². The standard InChI is InChI=1S/C19H20N2O2/c1-10-4-2-3-5-15(10)20-9-21-18(22)16-11-6-7-12(14-8-13(11)14)17(16)19(21)23/h2-7,11-14,16-17,20H,8-9H2,1H3/t11-,12-,13-,14-,16-,17+/m0/s1. The molecule has 1 N–H and O–H groups in total. The van der Waals surface area contributed by atoms with Gasteiger partial charge in [0.2, 0.25) is 11.8 Å². The van der Waals surface area contributed by atoms with Crippen LogP contribution in [0.3, 0.4) is 0 Å². The smallest absolute Gasteiger partial charge is 0.235 e. The molecule has 1 saturated heterocycles. The highest BCUT2D eigenvalue weighted by Crippen LogP contribution is 2.65. The SMILES string of the molecule is Cc1ccccc1NCN1C(=O)[C@@H]2[C@H]3C=C[C@@H]([C@@H]4C[C@@H]34)[C@@H]2C1=O. The molecule has 1 heterocycles. The van der Waals surface area contributed by atoms with Gasteiger partial charge in [0.15, 0.2) is 0 Å². The van der Waals surface area contributed by atoms with Gasteiger partial charge >= 0.3 is 0 Å². The molecule has 2 saturated carbocycles. The summed E-state index contributed by atoms with van der Waals surface area (Å²) < 4.78 is 0. The molecule has 4 nitrogen and oxygen atoms in total. The number of likely N-dealkylation sites (tertiary alicyclic amines) is 1. The fraction of sp³-hybridized carbons (Fsp3) is 0.474. The van der Waals surface area contributed by atoms with Gasteiger partial charge in [-0.15, -0.1) is 0 Å². The second kappa shape index (κ2) is 4.47. The van der Waals surface area contributed by atoms with E-state index in [9.17, 15) is 9.59 Å². The van der Waals surface area contributed by atoms with Crippen molar-refractivity contribution in [2.75, 3.05) is 12.0 Å². The summed E-state index contributed by atoms with van der Waals surface area (Å²) in [7, 11) is 0. The van der Waals surface area contributed by atoms with Crippen molar-refractivity contribution in [3.8, 4) is 0 Å². The number of aryl methyl sites for hydroxylation is 1. The van der Waals surface area contributed by atoms with Crippen molar-refractivity contribution in [1.29, 1.82) is 0 Å². The molecular formula is C19H20N2O2. The zero-order valence-corrected chi connectivity index (χ0v) is 13.1. The van der Waals surface area contributed by atoms with E-state index in [4.69, 9.17) is 0 Å². The van der Waals surface area contributed by atoms with Crippen LogP contribution >= 0.6 is 0 Å². The first kappa shape index (κ1) is 13.3. The number of amides is 2. The van der Waals surface area contributed by atoms with Crippen molar-refractivity contribution < 1.29 is 9.59 Å². The number of allylic oxidation sites excluding steroid dienone is 2. The Bertz CT molecular complexity index is 705. The number of anilines is 1. The zero-order chi connectivity index (χ0) is 15.7. The molecule has 2 bridgehead atoms. The number of imide groups is 1. The van der Waals surface area contributed by atoms with E-state index < -0.39 is 0 Å². The number of carbonyl (C=O) groups excluding carboxylic acids is 2. The van der Waals surface area contributed by atoms with Crippen LogP contribution in [0.15, 0.2) is 36.4 Å². The highest BCUT2D eigenvalue weighted by atomic mass is 16.2. The van der Waals surface area contributed by atoms with E-state index in [2.05, 4.69) is 17.5 Å². The average Bonchev–Trinajstić information content (AvgIpc) is 3.33. The van der Waals surface area contributed by atoms with Crippen LogP contribution < -0.4 is 5.32 Å². The minimum Gasteiger partial charge on any atom is -0.367 e. The van der Waals surface area contributed by atoms with Gasteiger partial charge in [-0.3, -0.25) is 14.5 Å². The van der Waals surface area contributed by atoms with Crippen molar-refractivity contribution in [1.82, 2.24) is 4.90 Å². The van der Waals surface area contributed by atoms with Crippen LogP contribution in [0.5, 0.6) is 0 Å². The molecule has 2 amide bonds. The average molecular weight is 308 g/mol. The Balaban J connectivity index is 1.38. The van der Waals surface area contributed by atoms with E-state index in [1.807, 2.05) is 31.2 Å². The Kier molecular flexibility index (Phi) is 2.59. The number of para-hydroxylation sites is 1. The molecule has 0 spiro atoms. The summed E-state index contributed by atoms with van der Waals surface area (Å²) in [5.74, 6) is 1.79. The molecule has 5 aliphatic rings. The van der Waals surface area contributed by atoms with E-state index in [0.29, 0.717) is 23.7 Å². The van der Waals surface area contributed by atoms with Crippen molar-refractivity contribution in [2.24, 2.45) is 35.5 Å². The molecule has 23 heavy (non-hydrogen) atoms. The molecule has 0 unspecified atom stereocenters. The van der Waals surface area contributed by atoms with E-state index in [-0.39, 0.29) is 30.3 Å². The van der Waals surface area contributed by atoms with Crippen LogP contribution in [0.25, 0.3) is 0 Å². The Morgan fingerprint density at radius 2 is 1.65 bits per heavy atom. The first-order valence-electron chi connectivity index (χ1n) is 8.50. The predicted molar refractivity (Wildman–Crippen MR) is 86.2 cm³/mol. The summed E-state index contributed by atoms with van der Waals surface area (Å²) in [4.78, 5) is 27.1. The molecule has 1 aromatic carbocycles. The molecule has 6 rings (SSSR count). The highest BCUT2D eigenvalue weighted by Gasteiger charge is 2.66. The van der Waals surface area contributed by atoms with Gasteiger partial charge in [0.1, 0.15) is 0 Å². The maximum Gasteiger partial charge on any atom is 0.235 e. The molecule has 1 aliphatic heterocycles. The number of benzene rings is 1. The highest BCUT2D eigenvalue weighted by molar-refractivity contribution is 6.06. The predicted octanol–water partition coefficient (Wildman–Crippen LogP) is 2.42. The van der Waals surface area contributed by atoms with Gasteiger partial charge in [-0.2, -0.15) is 0 Å². The maximum atomic E-state index is 12.8. The van der Waals surface area contributed by atoms with Gasteiger partial charge in [-0.25, -0.2) is 0 Å². The maximum absolute atomic E-state index is 12.8. The Hall–Kier alpha value is -2.10. The van der Waals surface area contributed by atoms with Gasteiger partial charge in [0.25, 0.3) is 0 Å². The fourth-order valence-corrected chi connectivity index (χ4v) is 5.11. The minimum atomic E-state index is -0.0973. The molecule has 0 radical (unpaired) electrons. The zero-order valence-electron chi connectivity index (χ0n) is 13.1. The van der Waals surface area contributed by atoms with Crippen molar-refractivity contribution in [3.63, 3.8) is 0 Å². The first-order chi connectivity index (χ1) is 11.2. The second-order valence-electron chi connectivity index (χ2n) is 7.41. The second-order valence-corrected chi connectivity index (χ2v) is 7.41. The van der Waals surface area contributed by atoms with Crippen LogP contribution in [0.1, 0.15) is 12.0 Å². The lowest BCUT2D eigenvalue weighted by atomic mass is 9.63. The number of nitrogens with one attached hydrogen (secondary N) is 1. The molecule has 1 aromatic rings. The lowest BCUT2D eigenvalue weighted by molar-refractivity contribution is -0.139. The Morgan fingerprint density at radius 3 is 2.26 bits per heavy atom. The van der Waals surface area contributed by atoms with Crippen LogP contribution in [-0.4, -0.2) is 23.4 Å². The number of nitrogens with zero attached hydrogens (tertiary/aromatic N) is 1. The topological polar surface area (TPSA) is 49.4 Å². The summed E-state index contributed by atoms with van der Waals surface area (Å²) in [5.41, 5.74) is 2.10. The molecule has 118 valence electrons. The largest absolute Gasteiger partial charge is 0.367 e. The van der Waals surface area contributed by atoms with E-state index in [0.717, 1.165) is 11.3 Å². The molecule has 0 aromatic heterocycles. The van der Waals surface area contributed by atoms with Gasteiger partial charge in [0, 0.05) is 5.69 Å². The lowest BCUT2D eigenvalue weighted by Gasteiger charge is -2.37. The Morgan fingerprint density at radius 1 is 1.04 bits per heavy atom. The minimum absolute atomic E-state index is 0.0331. The molecule has 4 heteroatoms. The molecular weight excluding hydrogens is 288 g/mol. The third-order valence-corrected chi connectivity index (χ3v) is 6.33. The van der Waals surface area contributed by atoms with Gasteiger partial charge in [0.05, 0.1) is 18.5 Å². The molecule has 3 fully saturated rings. The summed E-state index contributed by atoms with van der Waals surface area (Å²) >= 11 is 0. The van der Waals surface area contributed by atoms with E-state index in [1.165, 1.54) is 11.3 Å². The third kappa shape index (κ3) is 1.72. The summed E-state index contributed by atoms with van der Waals surface area (Å²) in [6.07, 6.45) is 5.63. The van der Waals surface area contributed by atoms with Crippen LogP contribution in [-0.2, 0) is 9.59 Å². The number of hydrogen-bond donors (Lipinski definition) is 1. The summed E-state index contributed by atoms with van der Waals surface area (Å²) in [5, 5.41) is 3.26. The molecule has 6 atom stereocenters. The van der Waals surface area contributed by atoms with Gasteiger partial charge in [-0.05, 0) is 48.6 Å².